The van der Waals surface area contributed by atoms with Crippen molar-refractivity contribution in [3.8, 4) is 0 Å². The Kier molecular flexibility index (Phi) is 3.52. The van der Waals surface area contributed by atoms with Crippen molar-refractivity contribution in [2.75, 3.05) is 11.9 Å². The molecule has 2 nitrogen and oxygen atoms in total. The molecule has 1 aromatic heterocycles. The van der Waals surface area contributed by atoms with Crippen molar-refractivity contribution in [3.05, 3.63) is 10.6 Å². The number of aryl methyl sites for hydroxylation is 2. The highest BCUT2D eigenvalue weighted by atomic mass is 35.5. The lowest BCUT2D eigenvalue weighted by Gasteiger charge is -2.13. The fourth-order valence-electron chi connectivity index (χ4n) is 1.99. The molecule has 0 aliphatic heterocycles. The van der Waals surface area contributed by atoms with Crippen LogP contribution < -0.4 is 5.32 Å². The van der Waals surface area contributed by atoms with Gasteiger partial charge in [-0.3, -0.25) is 0 Å². The van der Waals surface area contributed by atoms with Crippen LogP contribution in [-0.2, 0) is 0 Å². The van der Waals surface area contributed by atoms with E-state index < -0.39 is 0 Å². The second-order valence-corrected chi connectivity index (χ2v) is 6.01. The van der Waals surface area contributed by atoms with Crippen LogP contribution in [0.4, 0.5) is 5.13 Å². The first kappa shape index (κ1) is 11.2. The zero-order valence-corrected chi connectivity index (χ0v) is 10.8. The van der Waals surface area contributed by atoms with Gasteiger partial charge in [-0.05, 0) is 32.6 Å². The summed E-state index contributed by atoms with van der Waals surface area (Å²) in [5, 5.41) is 4.80. The summed E-state index contributed by atoms with van der Waals surface area (Å²) >= 11 is 7.96. The van der Waals surface area contributed by atoms with Gasteiger partial charge in [0.25, 0.3) is 0 Å². The van der Waals surface area contributed by atoms with Crippen LogP contribution >= 0.6 is 22.9 Å². The number of hydrogen-bond acceptors (Lipinski definition) is 3. The zero-order valence-electron chi connectivity index (χ0n) is 9.22. The summed E-state index contributed by atoms with van der Waals surface area (Å²) in [4.78, 5) is 5.76. The maximum absolute atomic E-state index is 6.22. The van der Waals surface area contributed by atoms with E-state index in [4.69, 9.17) is 11.6 Å². The molecule has 1 aromatic rings. The minimum absolute atomic E-state index is 0.361. The number of rotatable bonds is 3. The summed E-state index contributed by atoms with van der Waals surface area (Å²) in [5.41, 5.74) is 1.14. The van der Waals surface area contributed by atoms with Gasteiger partial charge in [-0.1, -0.05) is 6.42 Å². The molecule has 1 aliphatic carbocycles. The molecule has 1 aliphatic rings. The van der Waals surface area contributed by atoms with Crippen LogP contribution in [0.15, 0.2) is 0 Å². The Hall–Kier alpha value is -0.280. The van der Waals surface area contributed by atoms with Crippen LogP contribution in [0.5, 0.6) is 0 Å². The van der Waals surface area contributed by atoms with E-state index in [-0.39, 0.29) is 0 Å². The number of aromatic nitrogens is 1. The van der Waals surface area contributed by atoms with Gasteiger partial charge >= 0.3 is 0 Å². The lowest BCUT2D eigenvalue weighted by molar-refractivity contribution is 0.586. The third kappa shape index (κ3) is 2.64. The van der Waals surface area contributed by atoms with Crippen molar-refractivity contribution in [3.63, 3.8) is 0 Å². The molecule has 2 atom stereocenters. The van der Waals surface area contributed by atoms with Gasteiger partial charge in [0.2, 0.25) is 0 Å². The number of anilines is 1. The average Bonchev–Trinajstić information content (AvgIpc) is 2.72. The molecule has 0 radical (unpaired) electrons. The highest BCUT2D eigenvalue weighted by molar-refractivity contribution is 7.15. The molecule has 4 heteroatoms. The first-order valence-electron chi connectivity index (χ1n) is 5.49. The van der Waals surface area contributed by atoms with Crippen LogP contribution in [0, 0.1) is 19.8 Å². The largest absolute Gasteiger partial charge is 0.361 e. The molecular formula is C11H17ClN2S. The van der Waals surface area contributed by atoms with Crippen LogP contribution in [0.2, 0.25) is 0 Å². The Morgan fingerprint density at radius 1 is 1.47 bits per heavy atom. The Labute approximate surface area is 100 Å². The number of nitrogens with one attached hydrogen (secondary N) is 1. The number of alkyl halides is 1. The molecule has 0 bridgehead atoms. The van der Waals surface area contributed by atoms with Crippen LogP contribution in [-0.4, -0.2) is 16.9 Å². The summed E-state index contributed by atoms with van der Waals surface area (Å²) in [7, 11) is 0. The van der Waals surface area contributed by atoms with Gasteiger partial charge in [0.15, 0.2) is 5.13 Å². The van der Waals surface area contributed by atoms with E-state index in [9.17, 15) is 0 Å². The quantitative estimate of drug-likeness (QED) is 0.823. The predicted octanol–water partition coefficient (Wildman–Crippen LogP) is 3.58. The van der Waals surface area contributed by atoms with Gasteiger partial charge in [-0.15, -0.1) is 22.9 Å². The van der Waals surface area contributed by atoms with E-state index in [1.54, 1.807) is 11.3 Å². The first-order valence-corrected chi connectivity index (χ1v) is 6.74. The SMILES string of the molecule is Cc1nc(NCC2CCCC2Cl)sc1C. The van der Waals surface area contributed by atoms with Gasteiger partial charge < -0.3 is 5.32 Å². The molecule has 1 fully saturated rings. The molecule has 1 N–H and O–H groups in total. The highest BCUT2D eigenvalue weighted by Crippen LogP contribution is 2.30. The smallest absolute Gasteiger partial charge is 0.183 e. The lowest BCUT2D eigenvalue weighted by Crippen LogP contribution is -2.18. The molecule has 0 spiro atoms. The Morgan fingerprint density at radius 3 is 2.80 bits per heavy atom. The molecule has 0 amide bonds. The summed E-state index contributed by atoms with van der Waals surface area (Å²) in [6.07, 6.45) is 3.70. The van der Waals surface area contributed by atoms with Gasteiger partial charge in [-0.2, -0.15) is 0 Å². The van der Waals surface area contributed by atoms with Crippen molar-refractivity contribution < 1.29 is 0 Å². The van der Waals surface area contributed by atoms with E-state index in [1.165, 1.54) is 24.1 Å². The summed E-state index contributed by atoms with van der Waals surface area (Å²) < 4.78 is 0. The standard InChI is InChI=1S/C11H17ClN2S/c1-7-8(2)15-11(14-7)13-6-9-4-3-5-10(9)12/h9-10H,3-6H2,1-2H3,(H,13,14). The van der Waals surface area contributed by atoms with Gasteiger partial charge in [0, 0.05) is 16.8 Å². The van der Waals surface area contributed by atoms with Crippen molar-refractivity contribution in [2.24, 2.45) is 5.92 Å². The third-order valence-electron chi connectivity index (χ3n) is 3.11. The zero-order chi connectivity index (χ0) is 10.8. The number of halogens is 1. The predicted molar refractivity (Wildman–Crippen MR) is 67.1 cm³/mol. The molecule has 84 valence electrons. The van der Waals surface area contributed by atoms with E-state index in [2.05, 4.69) is 24.1 Å². The van der Waals surface area contributed by atoms with E-state index >= 15 is 0 Å². The fraction of sp³-hybridized carbons (Fsp3) is 0.727. The lowest BCUT2D eigenvalue weighted by atomic mass is 10.1. The minimum Gasteiger partial charge on any atom is -0.361 e. The molecular weight excluding hydrogens is 228 g/mol. The minimum atomic E-state index is 0.361. The van der Waals surface area contributed by atoms with E-state index in [0.717, 1.165) is 17.4 Å². The van der Waals surface area contributed by atoms with Crippen LogP contribution in [0.1, 0.15) is 29.8 Å². The van der Waals surface area contributed by atoms with Gasteiger partial charge in [0.05, 0.1) is 5.69 Å². The van der Waals surface area contributed by atoms with Gasteiger partial charge in [0.1, 0.15) is 0 Å². The Balaban J connectivity index is 1.87. The fourth-order valence-corrected chi connectivity index (χ4v) is 3.18. The van der Waals surface area contributed by atoms with Crippen molar-refractivity contribution in [1.29, 1.82) is 0 Å². The molecule has 15 heavy (non-hydrogen) atoms. The second-order valence-electron chi connectivity index (χ2n) is 4.25. The van der Waals surface area contributed by atoms with Crippen LogP contribution in [0.3, 0.4) is 0 Å². The molecule has 1 heterocycles. The Morgan fingerprint density at radius 2 is 2.27 bits per heavy atom. The Bertz CT molecular complexity index is 318. The average molecular weight is 245 g/mol. The summed E-state index contributed by atoms with van der Waals surface area (Å²) in [6.45, 7) is 5.13. The maximum Gasteiger partial charge on any atom is 0.183 e. The molecule has 1 saturated carbocycles. The topological polar surface area (TPSA) is 24.9 Å². The van der Waals surface area contributed by atoms with Crippen LogP contribution in [0.25, 0.3) is 0 Å². The molecule has 0 saturated heterocycles. The monoisotopic (exact) mass is 244 g/mol. The van der Waals surface area contributed by atoms with E-state index in [0.29, 0.717) is 11.3 Å². The summed E-state index contributed by atoms with van der Waals surface area (Å²) in [6, 6.07) is 0. The normalized spacial score (nSPS) is 25.8. The number of hydrogen-bond donors (Lipinski definition) is 1. The van der Waals surface area contributed by atoms with E-state index in [1.807, 2.05) is 0 Å². The van der Waals surface area contributed by atoms with Gasteiger partial charge in [-0.25, -0.2) is 4.98 Å². The third-order valence-corrected chi connectivity index (χ3v) is 4.72. The van der Waals surface area contributed by atoms with Crippen molar-refractivity contribution >= 4 is 28.1 Å². The first-order chi connectivity index (χ1) is 7.16. The number of nitrogens with zero attached hydrogens (tertiary/aromatic N) is 1. The molecule has 2 unspecified atom stereocenters. The molecule has 0 aromatic carbocycles. The number of thiazole rings is 1. The second kappa shape index (κ2) is 4.71. The van der Waals surface area contributed by atoms with Crippen molar-refractivity contribution in [1.82, 2.24) is 4.98 Å². The maximum atomic E-state index is 6.22. The molecule has 2 rings (SSSR count). The highest BCUT2D eigenvalue weighted by Gasteiger charge is 2.25. The summed E-state index contributed by atoms with van der Waals surface area (Å²) in [5.74, 6) is 0.621. The van der Waals surface area contributed by atoms with Crippen molar-refractivity contribution in [2.45, 2.75) is 38.5 Å².